The van der Waals surface area contributed by atoms with Crippen molar-refractivity contribution in [3.05, 3.63) is 29.6 Å². The van der Waals surface area contributed by atoms with Crippen molar-refractivity contribution in [2.75, 3.05) is 18.1 Å². The minimum atomic E-state index is -2.98. The maximum Gasteiger partial charge on any atom is 0.254 e. The molecule has 1 aromatic rings. The first-order chi connectivity index (χ1) is 8.87. The number of carbonyl (C=O) groups excluding carboxylic acids is 1. The Balaban J connectivity index is 1.95. The predicted octanol–water partition coefficient (Wildman–Crippen LogP) is 0.696. The molecule has 1 aromatic carbocycles. The summed E-state index contributed by atoms with van der Waals surface area (Å²) in [5, 5.41) is 11.6. The van der Waals surface area contributed by atoms with Crippen LogP contribution < -0.4 is 5.32 Å². The van der Waals surface area contributed by atoms with E-state index >= 15 is 0 Å². The van der Waals surface area contributed by atoms with Gasteiger partial charge in [0.1, 0.15) is 11.6 Å². The topological polar surface area (TPSA) is 83.5 Å². The Labute approximate surface area is 110 Å². The highest BCUT2D eigenvalue weighted by atomic mass is 32.2. The minimum Gasteiger partial charge on any atom is -0.508 e. The molecule has 0 spiro atoms. The summed E-state index contributed by atoms with van der Waals surface area (Å²) in [6, 6.07) is 3.26. The molecule has 0 radical (unpaired) electrons. The second kappa shape index (κ2) is 5.16. The summed E-state index contributed by atoms with van der Waals surface area (Å²) < 4.78 is 35.9. The van der Waals surface area contributed by atoms with Gasteiger partial charge >= 0.3 is 0 Å². The fourth-order valence-electron chi connectivity index (χ4n) is 2.05. The molecule has 1 aliphatic rings. The zero-order valence-corrected chi connectivity index (χ0v) is 10.9. The van der Waals surface area contributed by atoms with Gasteiger partial charge in [-0.3, -0.25) is 4.79 Å². The molecule has 1 atom stereocenters. The highest BCUT2D eigenvalue weighted by Crippen LogP contribution is 2.18. The van der Waals surface area contributed by atoms with Gasteiger partial charge in [0.25, 0.3) is 5.91 Å². The van der Waals surface area contributed by atoms with E-state index in [1.165, 1.54) is 12.1 Å². The van der Waals surface area contributed by atoms with E-state index in [-0.39, 0.29) is 35.3 Å². The number of benzene rings is 1. The second-order valence-electron chi connectivity index (χ2n) is 4.64. The maximum atomic E-state index is 13.4. The lowest BCUT2D eigenvalue weighted by Crippen LogP contribution is -2.30. The van der Waals surface area contributed by atoms with Crippen LogP contribution in [0.2, 0.25) is 0 Å². The van der Waals surface area contributed by atoms with Crippen molar-refractivity contribution in [2.45, 2.75) is 6.42 Å². The average molecular weight is 287 g/mol. The van der Waals surface area contributed by atoms with Crippen molar-refractivity contribution in [3.8, 4) is 5.75 Å². The van der Waals surface area contributed by atoms with Crippen LogP contribution in [-0.2, 0) is 9.84 Å². The van der Waals surface area contributed by atoms with Gasteiger partial charge in [-0.2, -0.15) is 0 Å². The molecule has 0 aliphatic carbocycles. The van der Waals surface area contributed by atoms with Crippen LogP contribution in [0.25, 0.3) is 0 Å². The number of carbonyl (C=O) groups is 1. The first-order valence-electron chi connectivity index (χ1n) is 5.84. The maximum absolute atomic E-state index is 13.4. The second-order valence-corrected chi connectivity index (χ2v) is 6.87. The van der Waals surface area contributed by atoms with E-state index in [9.17, 15) is 17.6 Å². The number of rotatable bonds is 3. The molecule has 1 unspecified atom stereocenters. The summed E-state index contributed by atoms with van der Waals surface area (Å²) in [6.45, 7) is 0.207. The lowest BCUT2D eigenvalue weighted by Gasteiger charge is -2.10. The molecule has 0 aromatic heterocycles. The van der Waals surface area contributed by atoms with Crippen LogP contribution >= 0.6 is 0 Å². The van der Waals surface area contributed by atoms with Gasteiger partial charge in [-0.1, -0.05) is 0 Å². The fourth-order valence-corrected chi connectivity index (χ4v) is 3.92. The number of nitrogens with one attached hydrogen (secondary N) is 1. The molecule has 1 aliphatic heterocycles. The zero-order valence-electron chi connectivity index (χ0n) is 10.1. The van der Waals surface area contributed by atoms with E-state index in [4.69, 9.17) is 5.11 Å². The van der Waals surface area contributed by atoms with Gasteiger partial charge in [-0.15, -0.1) is 0 Å². The van der Waals surface area contributed by atoms with Crippen LogP contribution in [-0.4, -0.2) is 37.5 Å². The summed E-state index contributed by atoms with van der Waals surface area (Å²) in [6.07, 6.45) is 0.515. The van der Waals surface area contributed by atoms with Gasteiger partial charge in [-0.05, 0) is 24.5 Å². The zero-order chi connectivity index (χ0) is 14.0. The Bertz CT molecular complexity index is 600. The molecule has 7 heteroatoms. The van der Waals surface area contributed by atoms with Gasteiger partial charge in [0.05, 0.1) is 17.1 Å². The van der Waals surface area contributed by atoms with Gasteiger partial charge in [-0.25, -0.2) is 12.8 Å². The van der Waals surface area contributed by atoms with Gasteiger partial charge in [0.15, 0.2) is 9.84 Å². The number of aromatic hydroxyl groups is 1. The Kier molecular flexibility index (Phi) is 3.75. The van der Waals surface area contributed by atoms with Crippen LogP contribution in [0.4, 0.5) is 4.39 Å². The molecular formula is C12H14FNO4S. The van der Waals surface area contributed by atoms with E-state index in [0.717, 1.165) is 6.07 Å². The number of sulfone groups is 1. The number of hydrogen-bond donors (Lipinski definition) is 2. The van der Waals surface area contributed by atoms with Crippen LogP contribution in [0.15, 0.2) is 18.2 Å². The molecule has 0 bridgehead atoms. The molecule has 2 N–H and O–H groups in total. The van der Waals surface area contributed by atoms with Crippen molar-refractivity contribution >= 4 is 15.7 Å². The van der Waals surface area contributed by atoms with Crippen molar-refractivity contribution in [3.63, 3.8) is 0 Å². The van der Waals surface area contributed by atoms with E-state index in [0.29, 0.717) is 6.42 Å². The van der Waals surface area contributed by atoms with Crippen LogP contribution in [0.3, 0.4) is 0 Å². The lowest BCUT2D eigenvalue weighted by molar-refractivity contribution is 0.0944. The van der Waals surface area contributed by atoms with Gasteiger partial charge < -0.3 is 10.4 Å². The molecule has 2 rings (SSSR count). The first kappa shape index (κ1) is 13.8. The minimum absolute atomic E-state index is 0.0609. The Morgan fingerprint density at radius 2 is 2.21 bits per heavy atom. The fraction of sp³-hybridized carbons (Fsp3) is 0.417. The summed E-state index contributed by atoms with van der Waals surface area (Å²) in [5.74, 6) is -1.59. The Hall–Kier alpha value is -1.63. The monoisotopic (exact) mass is 287 g/mol. The molecule has 1 fully saturated rings. The molecule has 5 nitrogen and oxygen atoms in total. The molecule has 1 amide bonds. The SMILES string of the molecule is O=C(NCC1CCS(=O)(=O)C1)c1ccc(O)cc1F. The highest BCUT2D eigenvalue weighted by Gasteiger charge is 2.28. The molecule has 19 heavy (non-hydrogen) atoms. The molecule has 1 heterocycles. The standard InChI is InChI=1S/C12H14FNO4S/c13-11-5-9(15)1-2-10(11)12(16)14-6-8-3-4-19(17,18)7-8/h1-2,5,8,15H,3-4,6-7H2,(H,14,16). The Morgan fingerprint density at radius 3 is 2.79 bits per heavy atom. The molecule has 1 saturated heterocycles. The van der Waals surface area contributed by atoms with E-state index in [1.807, 2.05) is 0 Å². The van der Waals surface area contributed by atoms with Crippen LogP contribution in [0, 0.1) is 11.7 Å². The van der Waals surface area contributed by atoms with Crippen molar-refractivity contribution < 1.29 is 22.7 Å². The van der Waals surface area contributed by atoms with E-state index in [2.05, 4.69) is 5.32 Å². The van der Waals surface area contributed by atoms with Crippen LogP contribution in [0.1, 0.15) is 16.8 Å². The van der Waals surface area contributed by atoms with E-state index in [1.54, 1.807) is 0 Å². The third-order valence-electron chi connectivity index (χ3n) is 3.08. The summed E-state index contributed by atoms with van der Waals surface area (Å²) in [7, 11) is -2.98. The molecule has 104 valence electrons. The van der Waals surface area contributed by atoms with Crippen molar-refractivity contribution in [1.29, 1.82) is 0 Å². The number of hydrogen-bond acceptors (Lipinski definition) is 4. The van der Waals surface area contributed by atoms with Gasteiger partial charge in [0.2, 0.25) is 0 Å². The number of phenols is 1. The smallest absolute Gasteiger partial charge is 0.254 e. The van der Waals surface area contributed by atoms with E-state index < -0.39 is 21.6 Å². The number of halogens is 1. The largest absolute Gasteiger partial charge is 0.508 e. The first-order valence-corrected chi connectivity index (χ1v) is 7.67. The molecular weight excluding hydrogens is 273 g/mol. The Morgan fingerprint density at radius 1 is 1.47 bits per heavy atom. The molecule has 0 saturated carbocycles. The number of phenolic OH excluding ortho intramolecular Hbond substituents is 1. The summed E-state index contributed by atoms with van der Waals surface area (Å²) in [4.78, 5) is 11.7. The van der Waals surface area contributed by atoms with Crippen molar-refractivity contribution in [1.82, 2.24) is 5.32 Å². The third kappa shape index (κ3) is 3.44. The normalized spacial score (nSPS) is 21.2. The van der Waals surface area contributed by atoms with Crippen molar-refractivity contribution in [2.24, 2.45) is 5.92 Å². The summed E-state index contributed by atoms with van der Waals surface area (Å²) in [5.41, 5.74) is -0.168. The lowest BCUT2D eigenvalue weighted by atomic mass is 10.1. The highest BCUT2D eigenvalue weighted by molar-refractivity contribution is 7.91. The number of amides is 1. The summed E-state index contributed by atoms with van der Waals surface area (Å²) >= 11 is 0. The quantitative estimate of drug-likeness (QED) is 0.857. The van der Waals surface area contributed by atoms with Crippen LogP contribution in [0.5, 0.6) is 5.75 Å². The average Bonchev–Trinajstić information content (AvgIpc) is 2.66. The third-order valence-corrected chi connectivity index (χ3v) is 4.91. The predicted molar refractivity (Wildman–Crippen MR) is 67.2 cm³/mol. The van der Waals surface area contributed by atoms with Gasteiger partial charge in [0, 0.05) is 12.6 Å².